The van der Waals surface area contributed by atoms with Crippen LogP contribution in [0.2, 0.25) is 5.02 Å². The average molecular weight is 303 g/mol. The number of aryl methyl sites for hydroxylation is 1. The van der Waals surface area contributed by atoms with Crippen molar-refractivity contribution >= 4 is 11.6 Å². The number of rotatable bonds is 5. The molecule has 3 rings (SSSR count). The summed E-state index contributed by atoms with van der Waals surface area (Å²) in [5.74, 6) is 6.65. The van der Waals surface area contributed by atoms with Gasteiger partial charge in [-0.1, -0.05) is 35.9 Å². The molecular weight excluding hydrogens is 284 g/mol. The highest BCUT2D eigenvalue weighted by Gasteiger charge is 2.23. The Kier molecular flexibility index (Phi) is 4.15. The number of benzene rings is 2. The predicted octanol–water partition coefficient (Wildman–Crippen LogP) is 3.74. The van der Waals surface area contributed by atoms with Crippen LogP contribution >= 0.6 is 11.6 Å². The molecule has 1 unspecified atom stereocenters. The van der Waals surface area contributed by atoms with Gasteiger partial charge in [-0.05, 0) is 54.7 Å². The van der Waals surface area contributed by atoms with E-state index >= 15 is 0 Å². The van der Waals surface area contributed by atoms with Crippen LogP contribution in [0, 0.1) is 6.92 Å². The van der Waals surface area contributed by atoms with Gasteiger partial charge in [-0.3, -0.25) is 5.84 Å². The van der Waals surface area contributed by atoms with E-state index in [1.165, 1.54) is 0 Å². The minimum absolute atomic E-state index is 0.0851. The van der Waals surface area contributed by atoms with E-state index in [0.29, 0.717) is 6.10 Å². The Balaban J connectivity index is 1.82. The van der Waals surface area contributed by atoms with Crippen LogP contribution in [0.3, 0.4) is 0 Å². The average Bonchev–Trinajstić information content (AvgIpc) is 3.29. The Morgan fingerprint density at radius 2 is 1.81 bits per heavy atom. The summed E-state index contributed by atoms with van der Waals surface area (Å²) in [6, 6.07) is 14.0. The zero-order valence-corrected chi connectivity index (χ0v) is 12.7. The molecule has 1 saturated carbocycles. The third-order valence-corrected chi connectivity index (χ3v) is 4.14. The van der Waals surface area contributed by atoms with Gasteiger partial charge in [0.1, 0.15) is 5.75 Å². The summed E-state index contributed by atoms with van der Waals surface area (Å²) in [5.41, 5.74) is 6.04. The minimum atomic E-state index is -0.0851. The number of nitrogens with two attached hydrogens (primary N) is 1. The molecule has 2 aromatic carbocycles. The largest absolute Gasteiger partial charge is 0.490 e. The Morgan fingerprint density at radius 1 is 1.14 bits per heavy atom. The summed E-state index contributed by atoms with van der Waals surface area (Å²) < 4.78 is 5.76. The smallest absolute Gasteiger partial charge is 0.119 e. The summed E-state index contributed by atoms with van der Waals surface area (Å²) in [7, 11) is 0. The van der Waals surface area contributed by atoms with E-state index in [2.05, 4.69) is 5.43 Å². The zero-order chi connectivity index (χ0) is 14.8. The van der Waals surface area contributed by atoms with E-state index in [9.17, 15) is 0 Å². The van der Waals surface area contributed by atoms with Gasteiger partial charge in [-0.25, -0.2) is 5.43 Å². The zero-order valence-electron chi connectivity index (χ0n) is 12.0. The van der Waals surface area contributed by atoms with Crippen molar-refractivity contribution in [2.24, 2.45) is 5.84 Å². The lowest BCUT2D eigenvalue weighted by molar-refractivity contribution is 0.303. The summed E-state index contributed by atoms with van der Waals surface area (Å²) in [4.78, 5) is 0. The fourth-order valence-electron chi connectivity index (χ4n) is 2.29. The molecule has 1 fully saturated rings. The fraction of sp³-hybridized carbons (Fsp3) is 0.294. The molecule has 0 heterocycles. The lowest BCUT2D eigenvalue weighted by atomic mass is 9.98. The van der Waals surface area contributed by atoms with E-state index in [1.54, 1.807) is 0 Å². The molecule has 1 atom stereocenters. The SMILES string of the molecule is Cc1ccc(C(NN)c2ccc(OC3CC3)cc2)cc1Cl. The van der Waals surface area contributed by atoms with Crippen molar-refractivity contribution in [1.82, 2.24) is 5.43 Å². The second-order valence-corrected chi connectivity index (χ2v) is 5.90. The minimum Gasteiger partial charge on any atom is -0.490 e. The second kappa shape index (κ2) is 6.06. The summed E-state index contributed by atoms with van der Waals surface area (Å²) in [5, 5.41) is 0.751. The van der Waals surface area contributed by atoms with Crippen LogP contribution in [0.25, 0.3) is 0 Å². The number of ether oxygens (including phenoxy) is 1. The number of halogens is 1. The fourth-order valence-corrected chi connectivity index (χ4v) is 2.48. The molecule has 0 spiro atoms. The van der Waals surface area contributed by atoms with Crippen molar-refractivity contribution in [2.75, 3.05) is 0 Å². The van der Waals surface area contributed by atoms with Crippen LogP contribution in [0.4, 0.5) is 0 Å². The highest BCUT2D eigenvalue weighted by atomic mass is 35.5. The van der Waals surface area contributed by atoms with Gasteiger partial charge >= 0.3 is 0 Å². The second-order valence-electron chi connectivity index (χ2n) is 5.49. The summed E-state index contributed by atoms with van der Waals surface area (Å²) in [6.45, 7) is 1.99. The third kappa shape index (κ3) is 3.38. The molecule has 3 N–H and O–H groups in total. The maximum absolute atomic E-state index is 6.20. The van der Waals surface area contributed by atoms with E-state index in [4.69, 9.17) is 22.2 Å². The number of nitrogens with one attached hydrogen (secondary N) is 1. The van der Waals surface area contributed by atoms with Gasteiger partial charge in [0, 0.05) is 5.02 Å². The summed E-state index contributed by atoms with van der Waals surface area (Å²) in [6.07, 6.45) is 2.74. The molecule has 110 valence electrons. The van der Waals surface area contributed by atoms with Crippen molar-refractivity contribution in [3.05, 3.63) is 64.2 Å². The number of hydrogen-bond acceptors (Lipinski definition) is 3. The van der Waals surface area contributed by atoms with Gasteiger partial charge < -0.3 is 4.74 Å². The van der Waals surface area contributed by atoms with Gasteiger partial charge in [0.15, 0.2) is 0 Å². The van der Waals surface area contributed by atoms with Crippen LogP contribution in [0.1, 0.15) is 35.6 Å². The number of hydrogen-bond donors (Lipinski definition) is 2. The first-order chi connectivity index (χ1) is 10.2. The van der Waals surface area contributed by atoms with Crippen LogP contribution in [0.15, 0.2) is 42.5 Å². The summed E-state index contributed by atoms with van der Waals surface area (Å²) >= 11 is 6.20. The van der Waals surface area contributed by atoms with Gasteiger partial charge in [-0.2, -0.15) is 0 Å². The van der Waals surface area contributed by atoms with E-state index < -0.39 is 0 Å². The van der Waals surface area contributed by atoms with Gasteiger partial charge in [0.25, 0.3) is 0 Å². The maximum atomic E-state index is 6.20. The van der Waals surface area contributed by atoms with Crippen LogP contribution < -0.4 is 16.0 Å². The van der Waals surface area contributed by atoms with Gasteiger partial charge in [0.2, 0.25) is 0 Å². The van der Waals surface area contributed by atoms with Crippen molar-refractivity contribution in [3.8, 4) is 5.75 Å². The molecule has 0 bridgehead atoms. The molecule has 0 radical (unpaired) electrons. The van der Waals surface area contributed by atoms with Crippen LogP contribution in [-0.4, -0.2) is 6.10 Å². The van der Waals surface area contributed by atoms with Crippen molar-refractivity contribution in [3.63, 3.8) is 0 Å². The number of hydrazine groups is 1. The first kappa shape index (κ1) is 14.4. The Bertz CT molecular complexity index is 623. The molecule has 0 saturated heterocycles. The molecule has 0 amide bonds. The standard InChI is InChI=1S/C17H19ClN2O/c1-11-2-3-13(10-16(11)18)17(20-19)12-4-6-14(7-5-12)21-15-8-9-15/h2-7,10,15,17,20H,8-9,19H2,1H3. The molecule has 1 aliphatic carbocycles. The van der Waals surface area contributed by atoms with Crippen molar-refractivity contribution < 1.29 is 4.74 Å². The maximum Gasteiger partial charge on any atom is 0.119 e. The monoisotopic (exact) mass is 302 g/mol. The Morgan fingerprint density at radius 3 is 2.38 bits per heavy atom. The lowest BCUT2D eigenvalue weighted by Gasteiger charge is -2.18. The molecular formula is C17H19ClN2O. The predicted molar refractivity (Wildman–Crippen MR) is 85.4 cm³/mol. The molecule has 0 aromatic heterocycles. The quantitative estimate of drug-likeness (QED) is 0.653. The molecule has 1 aliphatic rings. The Hall–Kier alpha value is -1.55. The van der Waals surface area contributed by atoms with E-state index in [0.717, 1.165) is 40.3 Å². The normalized spacial score (nSPS) is 15.8. The van der Waals surface area contributed by atoms with Gasteiger partial charge in [0.05, 0.1) is 12.1 Å². The van der Waals surface area contributed by atoms with Crippen molar-refractivity contribution in [1.29, 1.82) is 0 Å². The highest BCUT2D eigenvalue weighted by Crippen LogP contribution is 2.29. The topological polar surface area (TPSA) is 47.3 Å². The molecule has 4 heteroatoms. The van der Waals surface area contributed by atoms with Gasteiger partial charge in [-0.15, -0.1) is 0 Å². The highest BCUT2D eigenvalue weighted by molar-refractivity contribution is 6.31. The molecule has 0 aliphatic heterocycles. The third-order valence-electron chi connectivity index (χ3n) is 3.74. The first-order valence-electron chi connectivity index (χ1n) is 7.16. The van der Waals surface area contributed by atoms with Crippen LogP contribution in [0.5, 0.6) is 5.75 Å². The Labute approximate surface area is 130 Å². The van der Waals surface area contributed by atoms with E-state index in [-0.39, 0.29) is 6.04 Å². The molecule has 21 heavy (non-hydrogen) atoms. The van der Waals surface area contributed by atoms with E-state index in [1.807, 2.05) is 49.4 Å². The van der Waals surface area contributed by atoms with Crippen LogP contribution in [-0.2, 0) is 0 Å². The lowest BCUT2D eigenvalue weighted by Crippen LogP contribution is -2.28. The molecule has 3 nitrogen and oxygen atoms in total. The van der Waals surface area contributed by atoms with Crippen molar-refractivity contribution in [2.45, 2.75) is 31.9 Å². The first-order valence-corrected chi connectivity index (χ1v) is 7.54. The molecule has 2 aromatic rings.